The first kappa shape index (κ1) is 23.3. The summed E-state index contributed by atoms with van der Waals surface area (Å²) in [6, 6.07) is 5.30. The van der Waals surface area contributed by atoms with Gasteiger partial charge in [0.15, 0.2) is 0 Å². The van der Waals surface area contributed by atoms with Gasteiger partial charge in [-0.25, -0.2) is 9.59 Å². The van der Waals surface area contributed by atoms with Gasteiger partial charge in [-0.05, 0) is 52.3 Å². The molecule has 0 fully saturated rings. The lowest BCUT2D eigenvalue weighted by molar-refractivity contribution is 0.121. The van der Waals surface area contributed by atoms with Crippen molar-refractivity contribution in [1.29, 1.82) is 0 Å². The lowest BCUT2D eigenvalue weighted by atomic mass is 10.0. The van der Waals surface area contributed by atoms with Crippen molar-refractivity contribution in [3.05, 3.63) is 47.6 Å². The summed E-state index contributed by atoms with van der Waals surface area (Å²) in [4.78, 5) is 28.5. The number of ether oxygens (including phenoxy) is 2. The number of amides is 2. The van der Waals surface area contributed by atoms with E-state index in [2.05, 4.69) is 10.3 Å². The summed E-state index contributed by atoms with van der Waals surface area (Å²) < 4.78 is 17.5. The number of fused-ring (bicyclic) bond motifs is 1. The topological polar surface area (TPSA) is 103 Å². The number of anilines is 2. The standard InChI is InChI=1S/C24H29N5O5/c1-14(2)33-23(30)28-11-15(3)29(24(31)32-6)21-8-7-18(9-22(21)28)19-10-25-27(12-19)13-20-16(4)26-34-17(20)5/h7-10,12,14-15H,11,13H2,1-6H3. The van der Waals surface area contributed by atoms with Crippen LogP contribution in [0.3, 0.4) is 0 Å². The maximum Gasteiger partial charge on any atom is 0.414 e. The predicted octanol–water partition coefficient (Wildman–Crippen LogP) is 4.53. The third-order valence-corrected chi connectivity index (χ3v) is 5.81. The number of rotatable bonds is 4. The number of nitrogens with zero attached hydrogens (tertiary/aromatic N) is 5. The molecular weight excluding hydrogens is 438 g/mol. The van der Waals surface area contributed by atoms with Crippen LogP contribution in [0.4, 0.5) is 21.0 Å². The largest absolute Gasteiger partial charge is 0.452 e. The fourth-order valence-corrected chi connectivity index (χ4v) is 4.11. The average Bonchev–Trinajstić information content (AvgIpc) is 3.39. The monoisotopic (exact) mass is 467 g/mol. The summed E-state index contributed by atoms with van der Waals surface area (Å²) in [5.74, 6) is 0.764. The van der Waals surface area contributed by atoms with Crippen LogP contribution in [0.5, 0.6) is 0 Å². The summed E-state index contributed by atoms with van der Waals surface area (Å²) in [5.41, 5.74) is 4.70. The third kappa shape index (κ3) is 4.35. The van der Waals surface area contributed by atoms with E-state index in [0.29, 0.717) is 17.9 Å². The molecule has 1 aliphatic heterocycles. The number of carbonyl (C=O) groups is 2. The fourth-order valence-electron chi connectivity index (χ4n) is 4.11. The van der Waals surface area contributed by atoms with Gasteiger partial charge in [0.05, 0.1) is 55.6 Å². The number of methoxy groups -OCH3 is 1. The Labute approximate surface area is 198 Å². The van der Waals surface area contributed by atoms with Crippen LogP contribution in [0.1, 0.15) is 37.8 Å². The molecule has 0 N–H and O–H groups in total. The molecule has 1 aliphatic rings. The minimum Gasteiger partial charge on any atom is -0.452 e. The van der Waals surface area contributed by atoms with Gasteiger partial charge in [0.2, 0.25) is 0 Å². The Bertz CT molecular complexity index is 1190. The molecule has 10 nitrogen and oxygen atoms in total. The van der Waals surface area contributed by atoms with Gasteiger partial charge in [-0.3, -0.25) is 14.5 Å². The average molecular weight is 468 g/mol. The Morgan fingerprint density at radius 3 is 2.59 bits per heavy atom. The van der Waals surface area contributed by atoms with E-state index < -0.39 is 12.2 Å². The van der Waals surface area contributed by atoms with E-state index in [0.717, 1.165) is 28.1 Å². The van der Waals surface area contributed by atoms with Gasteiger partial charge in [0, 0.05) is 17.3 Å². The molecule has 1 atom stereocenters. The van der Waals surface area contributed by atoms with E-state index in [-0.39, 0.29) is 18.7 Å². The molecule has 2 amide bonds. The maximum atomic E-state index is 12.9. The van der Waals surface area contributed by atoms with Crippen LogP contribution in [-0.2, 0) is 16.0 Å². The molecule has 34 heavy (non-hydrogen) atoms. The normalized spacial score (nSPS) is 15.4. The van der Waals surface area contributed by atoms with Gasteiger partial charge in [-0.2, -0.15) is 5.10 Å². The van der Waals surface area contributed by atoms with Crippen molar-refractivity contribution in [1.82, 2.24) is 14.9 Å². The van der Waals surface area contributed by atoms with Crippen molar-refractivity contribution < 1.29 is 23.6 Å². The zero-order valence-electron chi connectivity index (χ0n) is 20.2. The van der Waals surface area contributed by atoms with Crippen molar-refractivity contribution >= 4 is 23.6 Å². The highest BCUT2D eigenvalue weighted by molar-refractivity contribution is 6.01. The van der Waals surface area contributed by atoms with Crippen molar-refractivity contribution in [2.75, 3.05) is 23.5 Å². The molecule has 4 rings (SSSR count). The van der Waals surface area contributed by atoms with Gasteiger partial charge in [-0.1, -0.05) is 11.2 Å². The van der Waals surface area contributed by atoms with Crippen LogP contribution in [-0.4, -0.2) is 52.9 Å². The number of hydrogen-bond donors (Lipinski definition) is 0. The van der Waals surface area contributed by atoms with Crippen LogP contribution in [0, 0.1) is 13.8 Å². The highest BCUT2D eigenvalue weighted by Gasteiger charge is 2.36. The molecule has 1 aromatic carbocycles. The van der Waals surface area contributed by atoms with E-state index in [1.807, 2.05) is 49.8 Å². The Hall–Kier alpha value is -3.82. The lowest BCUT2D eigenvalue weighted by Gasteiger charge is -2.40. The minimum atomic E-state index is -0.481. The van der Waals surface area contributed by atoms with E-state index in [1.165, 1.54) is 7.11 Å². The van der Waals surface area contributed by atoms with Crippen molar-refractivity contribution in [2.45, 2.75) is 53.3 Å². The third-order valence-electron chi connectivity index (χ3n) is 5.81. The zero-order chi connectivity index (χ0) is 24.6. The zero-order valence-corrected chi connectivity index (χ0v) is 20.2. The molecule has 0 saturated carbocycles. The molecule has 10 heteroatoms. The highest BCUT2D eigenvalue weighted by atomic mass is 16.6. The number of aryl methyl sites for hydroxylation is 2. The minimum absolute atomic E-state index is 0.268. The van der Waals surface area contributed by atoms with Gasteiger partial charge >= 0.3 is 12.2 Å². The van der Waals surface area contributed by atoms with Gasteiger partial charge in [0.1, 0.15) is 5.76 Å². The first-order chi connectivity index (χ1) is 16.2. The Balaban J connectivity index is 1.71. The smallest absolute Gasteiger partial charge is 0.414 e. The van der Waals surface area contributed by atoms with E-state index in [9.17, 15) is 9.59 Å². The number of carbonyl (C=O) groups excluding carboxylic acids is 2. The van der Waals surface area contributed by atoms with Crippen molar-refractivity contribution in [2.24, 2.45) is 0 Å². The van der Waals surface area contributed by atoms with Gasteiger partial charge in [0.25, 0.3) is 0 Å². The molecule has 2 aromatic heterocycles. The Morgan fingerprint density at radius 2 is 1.94 bits per heavy atom. The first-order valence-electron chi connectivity index (χ1n) is 11.1. The second-order valence-corrected chi connectivity index (χ2v) is 8.66. The molecule has 0 aliphatic carbocycles. The first-order valence-corrected chi connectivity index (χ1v) is 11.1. The number of benzene rings is 1. The van der Waals surface area contributed by atoms with Crippen LogP contribution in [0.25, 0.3) is 11.1 Å². The molecule has 3 heterocycles. The van der Waals surface area contributed by atoms with Crippen molar-refractivity contribution in [3.63, 3.8) is 0 Å². The summed E-state index contributed by atoms with van der Waals surface area (Å²) in [7, 11) is 1.34. The van der Waals surface area contributed by atoms with Crippen molar-refractivity contribution in [3.8, 4) is 11.1 Å². The Morgan fingerprint density at radius 1 is 1.18 bits per heavy atom. The molecule has 1 unspecified atom stereocenters. The molecule has 0 bridgehead atoms. The summed E-state index contributed by atoms with van der Waals surface area (Å²) in [6.07, 6.45) is 2.48. The Kier molecular flexibility index (Phi) is 6.32. The quantitative estimate of drug-likeness (QED) is 0.555. The van der Waals surface area contributed by atoms with E-state index >= 15 is 0 Å². The second kappa shape index (κ2) is 9.20. The molecular formula is C24H29N5O5. The van der Waals surface area contributed by atoms with E-state index in [1.54, 1.807) is 29.8 Å². The SMILES string of the molecule is COC(=O)N1c2ccc(-c3cnn(Cc4c(C)noc4C)c3)cc2N(C(=O)OC(C)C)CC1C. The van der Waals surface area contributed by atoms with Crippen LogP contribution in [0.15, 0.2) is 35.1 Å². The summed E-state index contributed by atoms with van der Waals surface area (Å²) >= 11 is 0. The number of hydrogen-bond acceptors (Lipinski definition) is 7. The maximum absolute atomic E-state index is 12.9. The molecule has 180 valence electrons. The summed E-state index contributed by atoms with van der Waals surface area (Å²) in [5, 5.41) is 8.48. The lowest BCUT2D eigenvalue weighted by Crippen LogP contribution is -2.52. The van der Waals surface area contributed by atoms with E-state index in [4.69, 9.17) is 14.0 Å². The summed E-state index contributed by atoms with van der Waals surface area (Å²) in [6.45, 7) is 10.1. The molecule has 3 aromatic rings. The van der Waals surface area contributed by atoms with Crippen LogP contribution in [0.2, 0.25) is 0 Å². The molecule has 0 radical (unpaired) electrons. The van der Waals surface area contributed by atoms with Gasteiger partial charge < -0.3 is 14.0 Å². The highest BCUT2D eigenvalue weighted by Crippen LogP contribution is 2.39. The fraction of sp³-hybridized carbons (Fsp3) is 0.417. The van der Waals surface area contributed by atoms with Gasteiger partial charge in [-0.15, -0.1) is 0 Å². The second-order valence-electron chi connectivity index (χ2n) is 8.66. The molecule has 0 spiro atoms. The number of aromatic nitrogens is 3. The molecule has 0 saturated heterocycles. The predicted molar refractivity (Wildman–Crippen MR) is 126 cm³/mol. The van der Waals surface area contributed by atoms with Crippen LogP contribution < -0.4 is 9.80 Å². The van der Waals surface area contributed by atoms with Crippen LogP contribution >= 0.6 is 0 Å².